The fraction of sp³-hybridized carbons (Fsp3) is 0.368. The van der Waals surface area contributed by atoms with Crippen LogP contribution >= 0.6 is 0 Å². The van der Waals surface area contributed by atoms with Crippen molar-refractivity contribution in [3.63, 3.8) is 0 Å². The Morgan fingerprint density at radius 1 is 1.27 bits per heavy atom. The van der Waals surface area contributed by atoms with Gasteiger partial charge >= 0.3 is 0 Å². The van der Waals surface area contributed by atoms with Crippen molar-refractivity contribution < 1.29 is 9.53 Å². The Labute approximate surface area is 151 Å². The van der Waals surface area contributed by atoms with Gasteiger partial charge in [0.05, 0.1) is 11.6 Å². The fourth-order valence-electron chi connectivity index (χ4n) is 3.39. The molecule has 7 heteroatoms. The molecule has 0 spiro atoms. The number of carbonyl (C=O) groups excluding carboxylic acids is 1. The standard InChI is InChI=1S/C19H21N5O2/c1-3-26-12-17-21-22-18-13(2)23(9-10-24(17)18)19(25)15-6-7-16-14(11-15)5-4-8-20-16/h4-8,11,13H,3,9-10,12H2,1-2H3/t13-/m0/s1. The first-order chi connectivity index (χ1) is 12.7. The second-order valence-corrected chi connectivity index (χ2v) is 6.35. The van der Waals surface area contributed by atoms with Gasteiger partial charge in [0, 0.05) is 36.8 Å². The number of hydrogen-bond donors (Lipinski definition) is 0. The van der Waals surface area contributed by atoms with E-state index in [0.29, 0.717) is 31.9 Å². The van der Waals surface area contributed by atoms with Crippen molar-refractivity contribution in [1.29, 1.82) is 0 Å². The highest BCUT2D eigenvalue weighted by molar-refractivity contribution is 5.98. The van der Waals surface area contributed by atoms with Crippen LogP contribution in [0, 0.1) is 0 Å². The highest BCUT2D eigenvalue weighted by Crippen LogP contribution is 2.27. The molecule has 2 aromatic heterocycles. The minimum absolute atomic E-state index is 0.00358. The van der Waals surface area contributed by atoms with Crippen LogP contribution in [0.25, 0.3) is 10.9 Å². The van der Waals surface area contributed by atoms with Gasteiger partial charge in [-0.1, -0.05) is 6.07 Å². The number of pyridine rings is 1. The van der Waals surface area contributed by atoms with Gasteiger partial charge in [0.15, 0.2) is 11.6 Å². The molecule has 0 radical (unpaired) electrons. The molecule has 3 heterocycles. The third kappa shape index (κ3) is 2.84. The van der Waals surface area contributed by atoms with Gasteiger partial charge in [0.2, 0.25) is 0 Å². The van der Waals surface area contributed by atoms with Crippen LogP contribution < -0.4 is 0 Å². The number of fused-ring (bicyclic) bond motifs is 2. The summed E-state index contributed by atoms with van der Waals surface area (Å²) in [6.45, 7) is 6.33. The van der Waals surface area contributed by atoms with Crippen LogP contribution in [-0.2, 0) is 17.9 Å². The Hall–Kier alpha value is -2.80. The van der Waals surface area contributed by atoms with Gasteiger partial charge in [-0.2, -0.15) is 0 Å². The van der Waals surface area contributed by atoms with Crippen molar-refractivity contribution in [3.8, 4) is 0 Å². The largest absolute Gasteiger partial charge is 0.374 e. The Morgan fingerprint density at radius 3 is 3.00 bits per heavy atom. The summed E-state index contributed by atoms with van der Waals surface area (Å²) in [5, 5.41) is 9.49. The van der Waals surface area contributed by atoms with E-state index in [0.717, 1.165) is 22.6 Å². The quantitative estimate of drug-likeness (QED) is 0.722. The number of rotatable bonds is 4. The molecule has 4 rings (SSSR count). The fourth-order valence-corrected chi connectivity index (χ4v) is 3.39. The maximum Gasteiger partial charge on any atom is 0.254 e. The van der Waals surface area contributed by atoms with Crippen molar-refractivity contribution in [2.24, 2.45) is 0 Å². The molecule has 7 nitrogen and oxygen atoms in total. The summed E-state index contributed by atoms with van der Waals surface area (Å²) in [5.74, 6) is 1.63. The first kappa shape index (κ1) is 16.7. The van der Waals surface area contributed by atoms with Crippen LogP contribution in [0.5, 0.6) is 0 Å². The lowest BCUT2D eigenvalue weighted by molar-refractivity contribution is 0.0630. The summed E-state index contributed by atoms with van der Waals surface area (Å²) >= 11 is 0. The third-order valence-corrected chi connectivity index (χ3v) is 4.81. The highest BCUT2D eigenvalue weighted by Gasteiger charge is 2.31. The number of hydrogen-bond acceptors (Lipinski definition) is 5. The van der Waals surface area contributed by atoms with Crippen molar-refractivity contribution >= 4 is 16.8 Å². The van der Waals surface area contributed by atoms with E-state index in [1.807, 2.05) is 49.1 Å². The molecule has 0 N–H and O–H groups in total. The molecule has 1 aromatic carbocycles. The number of ether oxygens (including phenoxy) is 1. The predicted octanol–water partition coefficient (Wildman–Crippen LogP) is 2.58. The summed E-state index contributed by atoms with van der Waals surface area (Å²) in [6.07, 6.45) is 1.75. The van der Waals surface area contributed by atoms with E-state index in [4.69, 9.17) is 4.74 Å². The number of carbonyl (C=O) groups is 1. The molecule has 1 amide bonds. The highest BCUT2D eigenvalue weighted by atomic mass is 16.5. The van der Waals surface area contributed by atoms with Crippen LogP contribution in [0.1, 0.15) is 41.9 Å². The average Bonchev–Trinajstić information content (AvgIpc) is 3.09. The molecule has 1 aliphatic rings. The van der Waals surface area contributed by atoms with Crippen LogP contribution in [0.3, 0.4) is 0 Å². The molecule has 0 saturated carbocycles. The predicted molar refractivity (Wildman–Crippen MR) is 96.5 cm³/mol. The lowest BCUT2D eigenvalue weighted by Gasteiger charge is -2.33. The second kappa shape index (κ2) is 6.84. The number of benzene rings is 1. The maximum absolute atomic E-state index is 13.1. The smallest absolute Gasteiger partial charge is 0.254 e. The minimum Gasteiger partial charge on any atom is -0.374 e. The third-order valence-electron chi connectivity index (χ3n) is 4.81. The molecule has 3 aromatic rings. The maximum atomic E-state index is 13.1. The molecule has 134 valence electrons. The van der Waals surface area contributed by atoms with Crippen LogP contribution in [-0.4, -0.2) is 43.7 Å². The molecule has 0 saturated heterocycles. The molecular weight excluding hydrogens is 330 g/mol. The Bertz CT molecular complexity index is 952. The van der Waals surface area contributed by atoms with E-state index in [1.165, 1.54) is 0 Å². The summed E-state index contributed by atoms with van der Waals surface area (Å²) < 4.78 is 7.52. The van der Waals surface area contributed by atoms with Crippen LogP contribution in [0.2, 0.25) is 0 Å². The monoisotopic (exact) mass is 351 g/mol. The van der Waals surface area contributed by atoms with E-state index >= 15 is 0 Å². The van der Waals surface area contributed by atoms with E-state index < -0.39 is 0 Å². The number of nitrogens with zero attached hydrogens (tertiary/aromatic N) is 5. The zero-order chi connectivity index (χ0) is 18.1. The number of amides is 1. The van der Waals surface area contributed by atoms with Gasteiger partial charge in [-0.3, -0.25) is 9.78 Å². The molecular formula is C19H21N5O2. The van der Waals surface area contributed by atoms with Gasteiger partial charge in [-0.05, 0) is 38.1 Å². The lowest BCUT2D eigenvalue weighted by Crippen LogP contribution is -2.41. The summed E-state index contributed by atoms with van der Waals surface area (Å²) in [7, 11) is 0. The second-order valence-electron chi connectivity index (χ2n) is 6.35. The van der Waals surface area contributed by atoms with E-state index in [-0.39, 0.29) is 11.9 Å². The van der Waals surface area contributed by atoms with E-state index in [9.17, 15) is 4.79 Å². The van der Waals surface area contributed by atoms with Gasteiger partial charge in [-0.25, -0.2) is 0 Å². The summed E-state index contributed by atoms with van der Waals surface area (Å²) in [5.41, 5.74) is 1.55. The SMILES string of the molecule is CCOCc1nnc2n1CCN(C(=O)c1ccc3ncccc3c1)[C@H]2C. The Balaban J connectivity index is 1.59. The average molecular weight is 351 g/mol. The zero-order valence-electron chi connectivity index (χ0n) is 14.9. The van der Waals surface area contributed by atoms with E-state index in [1.54, 1.807) is 6.20 Å². The van der Waals surface area contributed by atoms with Crippen LogP contribution in [0.15, 0.2) is 36.5 Å². The van der Waals surface area contributed by atoms with Gasteiger partial charge in [0.1, 0.15) is 6.61 Å². The van der Waals surface area contributed by atoms with Crippen molar-refractivity contribution in [1.82, 2.24) is 24.6 Å². The first-order valence-corrected chi connectivity index (χ1v) is 8.84. The minimum atomic E-state index is -0.135. The first-order valence-electron chi connectivity index (χ1n) is 8.84. The Morgan fingerprint density at radius 2 is 2.15 bits per heavy atom. The Kier molecular flexibility index (Phi) is 4.38. The van der Waals surface area contributed by atoms with Gasteiger partial charge in [0.25, 0.3) is 5.91 Å². The van der Waals surface area contributed by atoms with Crippen molar-refractivity contribution in [2.75, 3.05) is 13.2 Å². The molecule has 0 bridgehead atoms. The molecule has 0 aliphatic carbocycles. The van der Waals surface area contributed by atoms with Gasteiger partial charge < -0.3 is 14.2 Å². The topological polar surface area (TPSA) is 73.1 Å². The molecule has 1 atom stereocenters. The lowest BCUT2D eigenvalue weighted by atomic mass is 10.1. The zero-order valence-corrected chi connectivity index (χ0v) is 14.9. The van der Waals surface area contributed by atoms with Crippen molar-refractivity contribution in [2.45, 2.75) is 33.0 Å². The van der Waals surface area contributed by atoms with Crippen LogP contribution in [0.4, 0.5) is 0 Å². The molecule has 26 heavy (non-hydrogen) atoms. The molecule has 1 aliphatic heterocycles. The normalized spacial score (nSPS) is 16.7. The van der Waals surface area contributed by atoms with E-state index in [2.05, 4.69) is 19.7 Å². The van der Waals surface area contributed by atoms with Gasteiger partial charge in [-0.15, -0.1) is 10.2 Å². The molecule has 0 fully saturated rings. The van der Waals surface area contributed by atoms with Crippen molar-refractivity contribution in [3.05, 3.63) is 53.7 Å². The summed E-state index contributed by atoms with van der Waals surface area (Å²) in [4.78, 5) is 19.2. The number of aromatic nitrogens is 4. The summed E-state index contributed by atoms with van der Waals surface area (Å²) in [6, 6.07) is 9.34. The molecule has 0 unspecified atom stereocenters.